The lowest BCUT2D eigenvalue weighted by molar-refractivity contribution is -0.385. The fourth-order valence-corrected chi connectivity index (χ4v) is 2.11. The Kier molecular flexibility index (Phi) is 4.23. The molecule has 0 spiro atoms. The minimum atomic E-state index is -0.611. The Bertz CT molecular complexity index is 711. The molecule has 0 unspecified atom stereocenters. The van der Waals surface area contributed by atoms with Crippen LogP contribution in [-0.2, 0) is 13.6 Å². The number of nitrogens with zero attached hydrogens (tertiary/aromatic N) is 3. The van der Waals surface area contributed by atoms with E-state index in [-0.39, 0.29) is 22.8 Å². The molecule has 0 radical (unpaired) electrons. The van der Waals surface area contributed by atoms with Gasteiger partial charge in [0.25, 0.3) is 11.6 Å². The second-order valence-corrected chi connectivity index (χ2v) is 4.95. The van der Waals surface area contributed by atoms with E-state index in [1.54, 1.807) is 17.9 Å². The van der Waals surface area contributed by atoms with Crippen LogP contribution in [-0.4, -0.2) is 20.6 Å². The average Bonchev–Trinajstić information content (AvgIpc) is 2.73. The summed E-state index contributed by atoms with van der Waals surface area (Å²) in [5, 5.41) is 18.0. The molecule has 0 atom stereocenters. The van der Waals surface area contributed by atoms with Crippen molar-refractivity contribution < 1.29 is 9.72 Å². The van der Waals surface area contributed by atoms with Gasteiger partial charge in [0.2, 0.25) is 0 Å². The summed E-state index contributed by atoms with van der Waals surface area (Å²) in [7, 11) is 1.78. The van der Waals surface area contributed by atoms with Crippen molar-refractivity contribution in [3.05, 3.63) is 56.4 Å². The number of nitro benzene ring substituents is 1. The van der Waals surface area contributed by atoms with Crippen molar-refractivity contribution in [3.63, 3.8) is 0 Å². The highest BCUT2D eigenvalue weighted by atomic mass is 35.5. The van der Waals surface area contributed by atoms with Gasteiger partial charge in [-0.05, 0) is 19.1 Å². The molecule has 2 aromatic rings. The number of aromatic nitrogens is 2. The van der Waals surface area contributed by atoms with Gasteiger partial charge in [-0.15, -0.1) is 0 Å². The number of aryl methyl sites for hydroxylation is 2. The van der Waals surface area contributed by atoms with Crippen LogP contribution in [0.15, 0.2) is 24.4 Å². The molecule has 0 aliphatic carbocycles. The van der Waals surface area contributed by atoms with Crippen molar-refractivity contribution in [2.75, 3.05) is 0 Å². The predicted molar refractivity (Wildman–Crippen MR) is 77.2 cm³/mol. The fourth-order valence-electron chi connectivity index (χ4n) is 1.94. The molecule has 1 aromatic heterocycles. The van der Waals surface area contributed by atoms with E-state index >= 15 is 0 Å². The second kappa shape index (κ2) is 5.92. The van der Waals surface area contributed by atoms with Gasteiger partial charge in [0.05, 0.1) is 10.6 Å². The first kappa shape index (κ1) is 15.0. The van der Waals surface area contributed by atoms with E-state index in [0.717, 1.165) is 11.3 Å². The zero-order chi connectivity index (χ0) is 15.6. The molecule has 1 aromatic carbocycles. The maximum Gasteiger partial charge on any atom is 0.282 e. The lowest BCUT2D eigenvalue weighted by Gasteiger charge is -2.05. The van der Waals surface area contributed by atoms with Crippen LogP contribution in [0.25, 0.3) is 0 Å². The van der Waals surface area contributed by atoms with Gasteiger partial charge in [0.15, 0.2) is 0 Å². The van der Waals surface area contributed by atoms with Crippen LogP contribution in [0.4, 0.5) is 5.69 Å². The highest BCUT2D eigenvalue weighted by Crippen LogP contribution is 2.22. The minimum absolute atomic E-state index is 0.0611. The lowest BCUT2D eigenvalue weighted by Crippen LogP contribution is -2.23. The van der Waals surface area contributed by atoms with Gasteiger partial charge >= 0.3 is 0 Å². The van der Waals surface area contributed by atoms with E-state index in [0.29, 0.717) is 0 Å². The Balaban J connectivity index is 2.19. The molecule has 7 nitrogen and oxygen atoms in total. The van der Waals surface area contributed by atoms with Crippen molar-refractivity contribution in [2.45, 2.75) is 13.5 Å². The van der Waals surface area contributed by atoms with Gasteiger partial charge in [-0.1, -0.05) is 11.6 Å². The molecule has 21 heavy (non-hydrogen) atoms. The number of nitro groups is 1. The first-order valence-corrected chi connectivity index (χ1v) is 6.47. The molecule has 8 heteroatoms. The molecule has 0 saturated carbocycles. The molecule has 0 fully saturated rings. The number of rotatable bonds is 4. The van der Waals surface area contributed by atoms with Gasteiger partial charge in [-0.3, -0.25) is 19.6 Å². The van der Waals surface area contributed by atoms with Gasteiger partial charge in [0, 0.05) is 36.4 Å². The topological polar surface area (TPSA) is 90.1 Å². The van der Waals surface area contributed by atoms with E-state index in [4.69, 9.17) is 11.6 Å². The molecular weight excluding hydrogens is 296 g/mol. The third-order valence-electron chi connectivity index (χ3n) is 2.95. The van der Waals surface area contributed by atoms with Crippen LogP contribution in [0.2, 0.25) is 5.02 Å². The van der Waals surface area contributed by atoms with Crippen LogP contribution in [0, 0.1) is 17.0 Å². The van der Waals surface area contributed by atoms with Crippen LogP contribution < -0.4 is 5.32 Å². The molecule has 2 rings (SSSR count). The molecule has 0 saturated heterocycles. The van der Waals surface area contributed by atoms with E-state index in [1.807, 2.05) is 6.92 Å². The lowest BCUT2D eigenvalue weighted by atomic mass is 10.1. The van der Waals surface area contributed by atoms with Crippen LogP contribution in [0.1, 0.15) is 21.6 Å². The molecule has 110 valence electrons. The Morgan fingerprint density at radius 1 is 1.52 bits per heavy atom. The summed E-state index contributed by atoms with van der Waals surface area (Å²) in [6, 6.07) is 3.87. The number of nitrogens with one attached hydrogen (secondary N) is 1. The van der Waals surface area contributed by atoms with Crippen LogP contribution in [0.3, 0.4) is 0 Å². The zero-order valence-electron chi connectivity index (χ0n) is 11.5. The predicted octanol–water partition coefficient (Wildman–Crippen LogP) is 2.22. The number of hydrogen-bond acceptors (Lipinski definition) is 4. The van der Waals surface area contributed by atoms with Crippen molar-refractivity contribution in [1.82, 2.24) is 15.1 Å². The Morgan fingerprint density at radius 3 is 2.81 bits per heavy atom. The molecule has 1 amide bonds. The highest BCUT2D eigenvalue weighted by Gasteiger charge is 2.20. The monoisotopic (exact) mass is 308 g/mol. The van der Waals surface area contributed by atoms with Crippen LogP contribution in [0.5, 0.6) is 0 Å². The quantitative estimate of drug-likeness (QED) is 0.692. The summed E-state index contributed by atoms with van der Waals surface area (Å²) >= 11 is 5.80. The third kappa shape index (κ3) is 3.38. The number of benzene rings is 1. The van der Waals surface area contributed by atoms with Gasteiger partial charge in [0.1, 0.15) is 5.56 Å². The average molecular weight is 309 g/mol. The molecule has 0 aliphatic heterocycles. The van der Waals surface area contributed by atoms with E-state index in [9.17, 15) is 14.9 Å². The van der Waals surface area contributed by atoms with Gasteiger partial charge in [-0.25, -0.2) is 0 Å². The Labute approximate surface area is 125 Å². The van der Waals surface area contributed by atoms with E-state index in [1.165, 1.54) is 18.2 Å². The molecule has 1 N–H and O–H groups in total. The van der Waals surface area contributed by atoms with Crippen molar-refractivity contribution in [3.8, 4) is 0 Å². The van der Waals surface area contributed by atoms with Crippen molar-refractivity contribution >= 4 is 23.2 Å². The smallest absolute Gasteiger partial charge is 0.282 e. The maximum absolute atomic E-state index is 12.1. The highest BCUT2D eigenvalue weighted by molar-refractivity contribution is 6.31. The zero-order valence-corrected chi connectivity index (χ0v) is 12.2. The minimum Gasteiger partial charge on any atom is -0.348 e. The summed E-state index contributed by atoms with van der Waals surface area (Å²) in [5.74, 6) is -0.549. The number of carbonyl (C=O) groups is 1. The van der Waals surface area contributed by atoms with Crippen molar-refractivity contribution in [1.29, 1.82) is 0 Å². The molecule has 1 heterocycles. The number of hydrogen-bond donors (Lipinski definition) is 1. The summed E-state index contributed by atoms with van der Waals surface area (Å²) in [4.78, 5) is 22.4. The van der Waals surface area contributed by atoms with Crippen LogP contribution >= 0.6 is 11.6 Å². The number of halogens is 1. The summed E-state index contributed by atoms with van der Waals surface area (Å²) in [6.45, 7) is 2.06. The summed E-state index contributed by atoms with van der Waals surface area (Å²) in [6.07, 6.45) is 1.78. The Morgan fingerprint density at radius 2 is 2.24 bits per heavy atom. The SMILES string of the molecule is Cc1nn(C)cc1CNC(=O)c1cc(Cl)ccc1[N+](=O)[O-]. The summed E-state index contributed by atoms with van der Waals surface area (Å²) < 4.78 is 1.64. The molecular formula is C13H13ClN4O3. The van der Waals surface area contributed by atoms with Crippen molar-refractivity contribution in [2.24, 2.45) is 7.05 Å². The largest absolute Gasteiger partial charge is 0.348 e. The van der Waals surface area contributed by atoms with E-state index in [2.05, 4.69) is 10.4 Å². The summed E-state index contributed by atoms with van der Waals surface area (Å²) in [5.41, 5.74) is 1.29. The third-order valence-corrected chi connectivity index (χ3v) is 3.19. The van der Waals surface area contributed by atoms with Gasteiger partial charge in [-0.2, -0.15) is 5.10 Å². The number of carbonyl (C=O) groups excluding carboxylic acids is 1. The number of amides is 1. The van der Waals surface area contributed by atoms with Gasteiger partial charge < -0.3 is 5.32 Å². The molecule has 0 aliphatic rings. The maximum atomic E-state index is 12.1. The molecule has 0 bridgehead atoms. The Hall–Kier alpha value is -2.41. The second-order valence-electron chi connectivity index (χ2n) is 4.51. The normalized spacial score (nSPS) is 10.4. The first-order valence-electron chi connectivity index (χ1n) is 6.09. The standard InChI is InChI=1S/C13H13ClN4O3/c1-8-9(7-17(2)16-8)6-15-13(19)11-5-10(14)3-4-12(11)18(20)21/h3-5,7H,6H2,1-2H3,(H,15,19). The first-order chi connectivity index (χ1) is 9.88. The van der Waals surface area contributed by atoms with E-state index < -0.39 is 10.8 Å². The fraction of sp³-hybridized carbons (Fsp3) is 0.231.